The van der Waals surface area contributed by atoms with Gasteiger partial charge in [0.15, 0.2) is 6.04 Å². The smallest absolute Gasteiger partial charge is 0.248 e. The molecule has 0 radical (unpaired) electrons. The monoisotopic (exact) mass is 262 g/mol. The number of nitrogens with zero attached hydrogens (tertiary/aromatic N) is 1. The average Bonchev–Trinajstić information content (AvgIpc) is 2.71. The lowest BCUT2D eigenvalue weighted by Crippen LogP contribution is -2.38. The molecule has 1 aromatic carbocycles. The van der Waals surface area contributed by atoms with E-state index in [2.05, 4.69) is 10.3 Å². The lowest BCUT2D eigenvalue weighted by Gasteiger charge is -2.12. The molecule has 0 spiro atoms. The number of amides is 1. The van der Waals surface area contributed by atoms with Crippen molar-refractivity contribution in [1.82, 2.24) is 5.32 Å². The maximum absolute atomic E-state index is 11.8. The van der Waals surface area contributed by atoms with E-state index >= 15 is 0 Å². The molecular formula is C14H18N2O3. The van der Waals surface area contributed by atoms with Gasteiger partial charge in [0, 0.05) is 6.54 Å². The molecule has 1 heterocycles. The Hall–Kier alpha value is -2.04. The average molecular weight is 262 g/mol. The van der Waals surface area contributed by atoms with Crippen molar-refractivity contribution in [3.8, 4) is 5.75 Å². The summed E-state index contributed by atoms with van der Waals surface area (Å²) in [6.07, 6.45) is -0.331. The van der Waals surface area contributed by atoms with Gasteiger partial charge in [-0.05, 0) is 38.5 Å². The minimum absolute atomic E-state index is 0.113. The van der Waals surface area contributed by atoms with Crippen LogP contribution in [0.25, 0.3) is 0 Å². The first-order valence-corrected chi connectivity index (χ1v) is 6.35. The van der Waals surface area contributed by atoms with Crippen LogP contribution < -0.4 is 5.32 Å². The summed E-state index contributed by atoms with van der Waals surface area (Å²) in [5, 5.41) is 12.6. The maximum Gasteiger partial charge on any atom is 0.248 e. The Morgan fingerprint density at radius 3 is 2.89 bits per heavy atom. The van der Waals surface area contributed by atoms with E-state index in [9.17, 15) is 9.90 Å². The highest BCUT2D eigenvalue weighted by Crippen LogP contribution is 2.25. The van der Waals surface area contributed by atoms with E-state index in [1.165, 1.54) is 0 Å². The van der Waals surface area contributed by atoms with Gasteiger partial charge in [0.2, 0.25) is 11.8 Å². The molecule has 0 unspecified atom stereocenters. The number of aromatic hydroxyl groups is 1. The van der Waals surface area contributed by atoms with E-state index in [0.29, 0.717) is 18.0 Å². The standard InChI is InChI=1S/C14H18N2O3/c1-4-15-13(18)12-9(3)19-14(16-12)10-6-5-8(2)7-11(10)17/h5-7,9,12,17H,4H2,1-3H3,(H,15,18)/t9-,12-/m0/s1. The largest absolute Gasteiger partial charge is 0.507 e. The van der Waals surface area contributed by atoms with Gasteiger partial charge in [0.05, 0.1) is 5.56 Å². The van der Waals surface area contributed by atoms with Crippen molar-refractivity contribution in [1.29, 1.82) is 0 Å². The number of rotatable bonds is 3. The van der Waals surface area contributed by atoms with Crippen LogP contribution in [-0.2, 0) is 9.53 Å². The molecule has 0 fully saturated rings. The van der Waals surface area contributed by atoms with Crippen LogP contribution in [0.5, 0.6) is 5.75 Å². The van der Waals surface area contributed by atoms with Gasteiger partial charge in [-0.25, -0.2) is 4.99 Å². The predicted molar refractivity (Wildman–Crippen MR) is 72.4 cm³/mol. The van der Waals surface area contributed by atoms with E-state index in [0.717, 1.165) is 5.56 Å². The summed E-state index contributed by atoms with van der Waals surface area (Å²) >= 11 is 0. The third-order valence-electron chi connectivity index (χ3n) is 3.00. The molecular weight excluding hydrogens is 244 g/mol. The third kappa shape index (κ3) is 2.70. The second kappa shape index (κ2) is 5.30. The van der Waals surface area contributed by atoms with E-state index in [1.54, 1.807) is 19.1 Å². The van der Waals surface area contributed by atoms with Crippen LogP contribution in [0.3, 0.4) is 0 Å². The molecule has 1 aliphatic rings. The Bertz CT molecular complexity index is 525. The lowest BCUT2D eigenvalue weighted by molar-refractivity contribution is -0.123. The highest BCUT2D eigenvalue weighted by Gasteiger charge is 2.34. The van der Waals surface area contributed by atoms with Crippen molar-refractivity contribution in [3.63, 3.8) is 0 Å². The van der Waals surface area contributed by atoms with Crippen molar-refractivity contribution in [2.75, 3.05) is 6.54 Å². The molecule has 2 rings (SSSR count). The Morgan fingerprint density at radius 2 is 2.26 bits per heavy atom. The molecule has 1 aromatic rings. The Kier molecular flexibility index (Phi) is 3.74. The number of ether oxygens (including phenoxy) is 1. The molecule has 2 atom stereocenters. The molecule has 1 aliphatic heterocycles. The summed E-state index contributed by atoms with van der Waals surface area (Å²) in [4.78, 5) is 16.1. The third-order valence-corrected chi connectivity index (χ3v) is 3.00. The van der Waals surface area contributed by atoms with Crippen molar-refractivity contribution >= 4 is 11.8 Å². The number of nitrogens with one attached hydrogen (secondary N) is 1. The van der Waals surface area contributed by atoms with Gasteiger partial charge >= 0.3 is 0 Å². The summed E-state index contributed by atoms with van der Waals surface area (Å²) in [5.41, 5.74) is 1.47. The number of hydrogen-bond acceptors (Lipinski definition) is 4. The van der Waals surface area contributed by atoms with Crippen LogP contribution in [0, 0.1) is 6.92 Å². The molecule has 0 saturated carbocycles. The number of likely N-dealkylation sites (N-methyl/N-ethyl adjacent to an activating group) is 1. The Morgan fingerprint density at radius 1 is 1.53 bits per heavy atom. The van der Waals surface area contributed by atoms with Gasteiger partial charge in [0.1, 0.15) is 11.9 Å². The van der Waals surface area contributed by atoms with Gasteiger partial charge in [-0.15, -0.1) is 0 Å². The first kappa shape index (κ1) is 13.4. The fourth-order valence-electron chi connectivity index (χ4n) is 2.01. The summed E-state index contributed by atoms with van der Waals surface area (Å²) < 4.78 is 5.58. The van der Waals surface area contributed by atoms with E-state index in [-0.39, 0.29) is 17.8 Å². The highest BCUT2D eigenvalue weighted by atomic mass is 16.5. The first-order chi connectivity index (χ1) is 9.02. The van der Waals surface area contributed by atoms with Crippen LogP contribution in [0.1, 0.15) is 25.0 Å². The summed E-state index contributed by atoms with van der Waals surface area (Å²) in [5.74, 6) is 0.278. The lowest BCUT2D eigenvalue weighted by atomic mass is 10.1. The van der Waals surface area contributed by atoms with Crippen LogP contribution in [-0.4, -0.2) is 35.6 Å². The molecule has 2 N–H and O–H groups in total. The molecule has 1 amide bonds. The molecule has 5 nitrogen and oxygen atoms in total. The van der Waals surface area contributed by atoms with Crippen LogP contribution in [0.15, 0.2) is 23.2 Å². The first-order valence-electron chi connectivity index (χ1n) is 6.35. The quantitative estimate of drug-likeness (QED) is 0.864. The number of carbonyl (C=O) groups is 1. The number of aryl methyl sites for hydroxylation is 1. The van der Waals surface area contributed by atoms with E-state index in [4.69, 9.17) is 4.74 Å². The number of benzene rings is 1. The van der Waals surface area contributed by atoms with Crippen LogP contribution in [0.2, 0.25) is 0 Å². The zero-order valence-corrected chi connectivity index (χ0v) is 11.3. The van der Waals surface area contributed by atoms with E-state index in [1.807, 2.05) is 19.9 Å². The Balaban J connectivity index is 2.26. The zero-order valence-electron chi connectivity index (χ0n) is 11.3. The van der Waals surface area contributed by atoms with Crippen molar-refractivity contribution in [3.05, 3.63) is 29.3 Å². The molecule has 0 aromatic heterocycles. The van der Waals surface area contributed by atoms with Gasteiger partial charge in [-0.3, -0.25) is 4.79 Å². The summed E-state index contributed by atoms with van der Waals surface area (Å²) in [6.45, 7) is 6.10. The van der Waals surface area contributed by atoms with Crippen LogP contribution >= 0.6 is 0 Å². The minimum Gasteiger partial charge on any atom is -0.507 e. The number of aliphatic imine (C=N–C) groups is 1. The molecule has 102 valence electrons. The van der Waals surface area contributed by atoms with Crippen molar-refractivity contribution in [2.24, 2.45) is 4.99 Å². The number of carbonyl (C=O) groups excluding carboxylic acids is 1. The second-order valence-electron chi connectivity index (χ2n) is 4.62. The Labute approximate surface area is 112 Å². The minimum atomic E-state index is -0.560. The fraction of sp³-hybridized carbons (Fsp3) is 0.429. The second-order valence-corrected chi connectivity index (χ2v) is 4.62. The van der Waals surface area contributed by atoms with Gasteiger partial charge in [-0.1, -0.05) is 6.07 Å². The van der Waals surface area contributed by atoms with Gasteiger partial charge in [-0.2, -0.15) is 0 Å². The normalized spacial score (nSPS) is 21.7. The topological polar surface area (TPSA) is 70.9 Å². The van der Waals surface area contributed by atoms with Crippen molar-refractivity contribution in [2.45, 2.75) is 32.9 Å². The summed E-state index contributed by atoms with van der Waals surface area (Å²) in [6, 6.07) is 4.70. The number of phenolic OH excluding ortho intramolecular Hbond substituents is 1. The maximum atomic E-state index is 11.8. The predicted octanol–water partition coefficient (Wildman–Crippen LogP) is 1.37. The van der Waals surface area contributed by atoms with E-state index < -0.39 is 6.04 Å². The molecule has 19 heavy (non-hydrogen) atoms. The molecule has 5 heteroatoms. The molecule has 0 bridgehead atoms. The number of phenols is 1. The molecule has 0 saturated heterocycles. The number of hydrogen-bond donors (Lipinski definition) is 2. The highest BCUT2D eigenvalue weighted by molar-refractivity contribution is 6.00. The van der Waals surface area contributed by atoms with Crippen LogP contribution in [0.4, 0.5) is 0 Å². The zero-order chi connectivity index (χ0) is 14.0. The fourth-order valence-corrected chi connectivity index (χ4v) is 2.01. The SMILES string of the molecule is CCNC(=O)[C@H]1N=C(c2ccc(C)cc2O)O[C@H]1C. The van der Waals surface area contributed by atoms with Gasteiger partial charge < -0.3 is 15.2 Å². The van der Waals surface area contributed by atoms with Gasteiger partial charge in [0.25, 0.3) is 0 Å². The summed E-state index contributed by atoms with van der Waals surface area (Å²) in [7, 11) is 0. The van der Waals surface area contributed by atoms with Crippen molar-refractivity contribution < 1.29 is 14.6 Å². The molecule has 0 aliphatic carbocycles.